The van der Waals surface area contributed by atoms with Crippen molar-refractivity contribution >= 4 is 6.98 Å². The van der Waals surface area contributed by atoms with Gasteiger partial charge >= 0.3 is 6.98 Å². The van der Waals surface area contributed by atoms with Crippen LogP contribution in [-0.2, 0) is 0 Å². The van der Waals surface area contributed by atoms with E-state index in [-0.39, 0.29) is 13.2 Å². The molecule has 0 aliphatic rings. The largest absolute Gasteiger partial charge is 0.492 e. The predicted octanol–water partition coefficient (Wildman–Crippen LogP) is 0.297. The highest BCUT2D eigenvalue weighted by molar-refractivity contribution is 6.58. The Labute approximate surface area is 57.7 Å². The Bertz CT molecular complexity index is 97.0. The van der Waals surface area contributed by atoms with Crippen molar-refractivity contribution < 1.29 is 18.1 Å². The number of aliphatic hydroxyl groups is 1. The van der Waals surface area contributed by atoms with Crippen LogP contribution in [0.1, 0.15) is 0 Å². The van der Waals surface area contributed by atoms with E-state index in [1.165, 1.54) is 7.05 Å². The minimum Gasteiger partial charge on any atom is -0.448 e. The summed E-state index contributed by atoms with van der Waals surface area (Å²) < 4.78 is 34.7. The first-order chi connectivity index (χ1) is 4.45. The first-order valence-corrected chi connectivity index (χ1v) is 2.96. The molecule has 0 aliphatic heterocycles. The summed E-state index contributed by atoms with van der Waals surface area (Å²) in [4.78, 5) is 1.04. The third-order valence-corrected chi connectivity index (χ3v) is 1.00. The number of hydrogen-bond donors (Lipinski definition) is 1. The van der Waals surface area contributed by atoms with Crippen LogP contribution in [-0.4, -0.2) is 43.6 Å². The van der Waals surface area contributed by atoms with Gasteiger partial charge in [0.15, 0.2) is 0 Å². The molecule has 0 saturated carbocycles. The fourth-order valence-electron chi connectivity index (χ4n) is 0.615. The molecule has 1 N–H and O–H groups in total. The highest BCUT2D eigenvalue weighted by atomic mass is 19.4. The van der Waals surface area contributed by atoms with Gasteiger partial charge in [-0.05, 0) is 13.5 Å². The van der Waals surface area contributed by atoms with Gasteiger partial charge in [-0.25, -0.2) is 0 Å². The van der Waals surface area contributed by atoms with E-state index in [1.54, 1.807) is 0 Å². The van der Waals surface area contributed by atoms with E-state index in [0.717, 1.165) is 4.90 Å². The second-order valence-electron chi connectivity index (χ2n) is 2.20. The van der Waals surface area contributed by atoms with Crippen LogP contribution in [0.4, 0.5) is 12.9 Å². The maximum absolute atomic E-state index is 11.6. The third kappa shape index (κ3) is 5.90. The Kier molecular flexibility index (Phi) is 3.74. The molecule has 0 aromatic carbocycles. The van der Waals surface area contributed by atoms with Gasteiger partial charge in [0.2, 0.25) is 0 Å². The highest BCUT2D eigenvalue weighted by Gasteiger charge is 2.24. The van der Waals surface area contributed by atoms with E-state index in [2.05, 4.69) is 0 Å². The van der Waals surface area contributed by atoms with Crippen molar-refractivity contribution in [3.05, 3.63) is 0 Å². The Morgan fingerprint density at radius 1 is 1.40 bits per heavy atom. The lowest BCUT2D eigenvalue weighted by Crippen LogP contribution is -2.36. The van der Waals surface area contributed by atoms with Crippen LogP contribution in [0, 0.1) is 0 Å². The normalized spacial score (nSPS) is 12.6. The van der Waals surface area contributed by atoms with Crippen LogP contribution in [0.25, 0.3) is 0 Å². The smallest absolute Gasteiger partial charge is 0.448 e. The fourth-order valence-corrected chi connectivity index (χ4v) is 0.615. The summed E-state index contributed by atoms with van der Waals surface area (Å²) in [7, 11) is 1.32. The number of rotatable bonds is 4. The molecular weight excluding hydrogens is 146 g/mol. The Morgan fingerprint density at radius 2 is 1.90 bits per heavy atom. The molecule has 0 aromatic rings. The van der Waals surface area contributed by atoms with Crippen molar-refractivity contribution in [3.63, 3.8) is 0 Å². The average molecular weight is 156 g/mol. The van der Waals surface area contributed by atoms with Crippen molar-refractivity contribution in [2.24, 2.45) is 0 Å². The van der Waals surface area contributed by atoms with Gasteiger partial charge in [-0.3, -0.25) is 0 Å². The maximum atomic E-state index is 11.6. The van der Waals surface area contributed by atoms with E-state index in [4.69, 9.17) is 5.11 Å². The van der Waals surface area contributed by atoms with Crippen LogP contribution in [0.15, 0.2) is 0 Å². The zero-order valence-electron chi connectivity index (χ0n) is 5.73. The summed E-state index contributed by atoms with van der Waals surface area (Å²) in [5, 5.41) is 8.23. The van der Waals surface area contributed by atoms with Crippen LogP contribution in [0.2, 0.25) is 0 Å². The number of aliphatic hydroxyl groups excluding tert-OH is 1. The zero-order valence-corrected chi connectivity index (χ0v) is 5.73. The second kappa shape index (κ2) is 3.83. The van der Waals surface area contributed by atoms with Crippen molar-refractivity contribution in [1.82, 2.24) is 4.90 Å². The summed E-state index contributed by atoms with van der Waals surface area (Å²) in [5.74, 6) is 0. The molecular formula is C4H10BF3NO-. The van der Waals surface area contributed by atoms with E-state index in [9.17, 15) is 12.9 Å². The molecule has 2 nitrogen and oxygen atoms in total. The molecule has 0 aromatic heterocycles. The molecule has 0 atom stereocenters. The minimum atomic E-state index is -4.74. The van der Waals surface area contributed by atoms with E-state index < -0.39 is 13.4 Å². The summed E-state index contributed by atoms with van der Waals surface area (Å²) in [5.41, 5.74) is 0. The molecule has 0 amide bonds. The van der Waals surface area contributed by atoms with Gasteiger partial charge in [-0.1, -0.05) is 0 Å². The molecule has 0 spiro atoms. The van der Waals surface area contributed by atoms with Crippen molar-refractivity contribution in [3.8, 4) is 0 Å². The molecule has 0 aliphatic carbocycles. The summed E-state index contributed by atoms with van der Waals surface area (Å²) in [6.07, 6.45) is -0.902. The van der Waals surface area contributed by atoms with Gasteiger partial charge in [0.05, 0.1) is 6.61 Å². The number of hydrogen-bond acceptors (Lipinski definition) is 2. The lowest BCUT2D eigenvalue weighted by atomic mass is 9.91. The maximum Gasteiger partial charge on any atom is 0.492 e. The molecule has 0 fully saturated rings. The Balaban J connectivity index is 3.47. The van der Waals surface area contributed by atoms with Gasteiger partial charge in [0.25, 0.3) is 0 Å². The van der Waals surface area contributed by atoms with Crippen molar-refractivity contribution in [2.75, 3.05) is 26.6 Å². The third-order valence-electron chi connectivity index (χ3n) is 1.00. The molecule has 6 heteroatoms. The van der Waals surface area contributed by atoms with Crippen LogP contribution in [0.5, 0.6) is 0 Å². The van der Waals surface area contributed by atoms with Crippen molar-refractivity contribution in [1.29, 1.82) is 0 Å². The van der Waals surface area contributed by atoms with E-state index >= 15 is 0 Å². The number of halogens is 3. The van der Waals surface area contributed by atoms with Gasteiger partial charge in [0, 0.05) is 6.54 Å². The van der Waals surface area contributed by atoms with Crippen LogP contribution >= 0.6 is 0 Å². The molecule has 62 valence electrons. The van der Waals surface area contributed by atoms with Gasteiger partial charge in [0.1, 0.15) is 0 Å². The lowest BCUT2D eigenvalue weighted by molar-refractivity contribution is 0.226. The quantitative estimate of drug-likeness (QED) is 0.591. The standard InChI is InChI=1S/C4H10BF3NO/c1-9(2-3-10)4-5(6,7)8/h10H,2-4H2,1H3/q-1. The van der Waals surface area contributed by atoms with Gasteiger partial charge < -0.3 is 23.0 Å². The first-order valence-electron chi connectivity index (χ1n) is 2.96. The molecule has 0 radical (unpaired) electrons. The zero-order chi connectivity index (χ0) is 8.20. The van der Waals surface area contributed by atoms with Crippen LogP contribution in [0.3, 0.4) is 0 Å². The molecule has 0 bridgehead atoms. The van der Waals surface area contributed by atoms with E-state index in [0.29, 0.717) is 0 Å². The SMILES string of the molecule is CN(CCO)C[B-](F)(F)F. The molecule has 0 unspecified atom stereocenters. The predicted molar refractivity (Wildman–Crippen MR) is 33.7 cm³/mol. The second-order valence-corrected chi connectivity index (χ2v) is 2.20. The molecule has 10 heavy (non-hydrogen) atoms. The number of likely N-dealkylation sites (N-methyl/N-ethyl adjacent to an activating group) is 1. The number of nitrogens with zero attached hydrogens (tertiary/aromatic N) is 1. The monoisotopic (exact) mass is 156 g/mol. The van der Waals surface area contributed by atoms with Gasteiger partial charge in [-0.15, -0.1) is 0 Å². The molecule has 0 rings (SSSR count). The summed E-state index contributed by atoms with van der Waals surface area (Å²) in [6, 6.07) is 0. The van der Waals surface area contributed by atoms with Crippen molar-refractivity contribution in [2.45, 2.75) is 0 Å². The summed E-state index contributed by atoms with van der Waals surface area (Å²) >= 11 is 0. The fraction of sp³-hybridized carbons (Fsp3) is 1.00. The minimum absolute atomic E-state index is 0.0707. The first kappa shape index (κ1) is 9.77. The van der Waals surface area contributed by atoms with Gasteiger partial charge in [-0.2, -0.15) is 0 Å². The molecule has 0 saturated heterocycles. The lowest BCUT2D eigenvalue weighted by Gasteiger charge is -2.22. The Morgan fingerprint density at radius 3 is 2.20 bits per heavy atom. The van der Waals surface area contributed by atoms with Crippen LogP contribution < -0.4 is 0 Å². The Hall–Kier alpha value is -0.225. The topological polar surface area (TPSA) is 23.5 Å². The summed E-state index contributed by atoms with van der Waals surface area (Å²) in [6.45, 7) is -4.90. The van der Waals surface area contributed by atoms with E-state index in [1.807, 2.05) is 0 Å². The average Bonchev–Trinajstić information content (AvgIpc) is 1.59. The molecule has 0 heterocycles. The highest BCUT2D eigenvalue weighted by Crippen LogP contribution is 2.08.